The Morgan fingerprint density at radius 2 is 2.24 bits per heavy atom. The predicted molar refractivity (Wildman–Crippen MR) is 134 cm³/mol. The lowest BCUT2D eigenvalue weighted by atomic mass is 9.99. The summed E-state index contributed by atoms with van der Waals surface area (Å²) in [6, 6.07) is 4.88. The number of carbonyl (C=O) groups is 3. The van der Waals surface area contributed by atoms with Crippen LogP contribution in [-0.2, 0) is 25.6 Å². The number of rotatable bonds is 8. The Labute approximate surface area is 219 Å². The first kappa shape index (κ1) is 24.8. The van der Waals surface area contributed by atoms with Gasteiger partial charge in [0.05, 0.1) is 23.4 Å². The van der Waals surface area contributed by atoms with Gasteiger partial charge in [-0.2, -0.15) is 5.10 Å². The van der Waals surface area contributed by atoms with E-state index < -0.39 is 29.2 Å². The second kappa shape index (κ2) is 9.86. The number of pyridine rings is 1. The zero-order chi connectivity index (χ0) is 26.3. The number of nitrogens with one attached hydrogen (secondary N) is 2. The zero-order valence-corrected chi connectivity index (χ0v) is 21.5. The standard InChI is InChI=1S/C23H23N7O5S2/c1-3-35-28-16(14-10-37-23(24)26-14)19(31)27-17-20(32)29-18(22(33)34)13(9-36-21(17)29)7-12-8-25-30-11(2)5-4-6-15(12)30/h4-6,8,10,17,21H,3,7,9H2,1-2H3,(H4,24,26,27,31,33,34)/b28-16-/t17-,21+/m1/s1. The second-order valence-electron chi connectivity index (χ2n) is 8.39. The number of aromatic amines is 1. The number of anilines is 1. The van der Waals surface area contributed by atoms with Gasteiger partial charge in [0.15, 0.2) is 10.8 Å². The van der Waals surface area contributed by atoms with E-state index in [0.717, 1.165) is 28.1 Å². The fraction of sp³-hybridized carbons (Fsp3) is 0.304. The van der Waals surface area contributed by atoms with Gasteiger partial charge in [-0.1, -0.05) is 9.67 Å². The van der Waals surface area contributed by atoms with E-state index in [4.69, 9.17) is 10.6 Å². The van der Waals surface area contributed by atoms with Crippen molar-refractivity contribution in [1.82, 2.24) is 20.3 Å². The molecule has 5 heterocycles. The Kier molecular flexibility index (Phi) is 6.60. The lowest BCUT2D eigenvalue weighted by Crippen LogP contribution is -2.71. The van der Waals surface area contributed by atoms with Crippen LogP contribution in [-0.4, -0.2) is 62.3 Å². The Morgan fingerprint density at radius 1 is 1.43 bits per heavy atom. The molecule has 0 saturated carbocycles. The number of nitrogens with zero attached hydrogens (tertiary/aromatic N) is 4. The third-order valence-electron chi connectivity index (χ3n) is 6.08. The Hall–Kier alpha value is -3.91. The number of oxime groups is 1. The van der Waals surface area contributed by atoms with Crippen molar-refractivity contribution in [1.29, 1.82) is 0 Å². The van der Waals surface area contributed by atoms with Gasteiger partial charge in [0.2, 0.25) is 11.2 Å². The molecule has 1 fully saturated rings. The number of fused-ring (bicyclic) bond motifs is 2. The highest BCUT2D eigenvalue weighted by Gasteiger charge is 2.53. The van der Waals surface area contributed by atoms with E-state index in [1.807, 2.05) is 35.8 Å². The number of thiazole rings is 1. The van der Waals surface area contributed by atoms with Crippen LogP contribution in [0.2, 0.25) is 0 Å². The van der Waals surface area contributed by atoms with Crippen molar-refractivity contribution in [2.75, 3.05) is 18.1 Å². The van der Waals surface area contributed by atoms with Gasteiger partial charge < -0.3 is 25.8 Å². The van der Waals surface area contributed by atoms with Crippen molar-refractivity contribution >= 4 is 57.2 Å². The molecule has 0 aliphatic carbocycles. The van der Waals surface area contributed by atoms with Crippen molar-refractivity contribution in [3.8, 4) is 0 Å². The number of H-pyrrole nitrogens is 1. The van der Waals surface area contributed by atoms with Crippen LogP contribution in [0, 0.1) is 6.92 Å². The SMILES string of the molecule is CCO/N=C(\C(=O)N[C@@H]1C(=O)N2C(C(=O)[O-])=C(Cc3c[nH][n+]4c(C)cccc34)CS[C@@H]12)c1csc(N)n1. The Bertz CT molecular complexity index is 1480. The van der Waals surface area contributed by atoms with Gasteiger partial charge in [-0.05, 0) is 18.6 Å². The number of nitrogens with two attached hydrogens (primary N) is 1. The van der Waals surface area contributed by atoms with Crippen LogP contribution >= 0.6 is 23.1 Å². The number of carboxylic acid groups (broad SMARTS) is 1. The molecular weight excluding hydrogens is 518 g/mol. The van der Waals surface area contributed by atoms with E-state index in [1.54, 1.807) is 12.3 Å². The average molecular weight is 542 g/mol. The molecule has 0 radical (unpaired) electrons. The topological polar surface area (TPSA) is 170 Å². The van der Waals surface area contributed by atoms with Crippen LogP contribution in [0.4, 0.5) is 5.13 Å². The highest BCUT2D eigenvalue weighted by atomic mass is 32.2. The number of aliphatic carboxylic acids is 1. The van der Waals surface area contributed by atoms with E-state index >= 15 is 0 Å². The van der Waals surface area contributed by atoms with Crippen LogP contribution in [0.15, 0.2) is 46.2 Å². The predicted octanol–water partition coefficient (Wildman–Crippen LogP) is -0.512. The lowest BCUT2D eigenvalue weighted by molar-refractivity contribution is -0.583. The Morgan fingerprint density at radius 3 is 2.95 bits per heavy atom. The molecule has 2 amide bonds. The van der Waals surface area contributed by atoms with Crippen molar-refractivity contribution in [3.05, 3.63) is 58.0 Å². The minimum atomic E-state index is -1.43. The molecule has 3 aromatic rings. The van der Waals surface area contributed by atoms with Gasteiger partial charge in [-0.25, -0.2) is 4.98 Å². The maximum Gasteiger partial charge on any atom is 0.276 e. The van der Waals surface area contributed by atoms with Gasteiger partial charge in [0, 0.05) is 36.6 Å². The van der Waals surface area contributed by atoms with Crippen LogP contribution in [0.25, 0.3) is 5.52 Å². The van der Waals surface area contributed by atoms with Gasteiger partial charge in [0.1, 0.15) is 23.7 Å². The molecule has 0 spiro atoms. The minimum Gasteiger partial charge on any atom is -0.543 e. The maximum absolute atomic E-state index is 13.1. The van der Waals surface area contributed by atoms with Gasteiger partial charge >= 0.3 is 0 Å². The number of β-lactam (4-membered cyclic amide) rings is 1. The molecule has 14 heteroatoms. The van der Waals surface area contributed by atoms with Crippen LogP contribution in [0.3, 0.4) is 0 Å². The summed E-state index contributed by atoms with van der Waals surface area (Å²) in [5, 5.41) is 23.0. The number of nitrogen functional groups attached to an aromatic ring is 1. The van der Waals surface area contributed by atoms with Gasteiger partial charge in [-0.3, -0.25) is 14.5 Å². The smallest absolute Gasteiger partial charge is 0.276 e. The first-order chi connectivity index (χ1) is 17.8. The van der Waals surface area contributed by atoms with Gasteiger partial charge in [-0.15, -0.1) is 23.1 Å². The molecule has 4 N–H and O–H groups in total. The molecule has 0 aromatic carbocycles. The van der Waals surface area contributed by atoms with E-state index in [2.05, 4.69) is 20.6 Å². The fourth-order valence-electron chi connectivity index (χ4n) is 4.37. The van der Waals surface area contributed by atoms with Crippen LogP contribution in [0.1, 0.15) is 23.9 Å². The first-order valence-corrected chi connectivity index (χ1v) is 13.3. The molecule has 2 aliphatic heterocycles. The maximum atomic E-state index is 13.1. The molecule has 3 aromatic heterocycles. The number of hydrogen-bond acceptors (Lipinski definition) is 10. The second-order valence-corrected chi connectivity index (χ2v) is 10.4. The monoisotopic (exact) mass is 541 g/mol. The number of aryl methyl sites for hydroxylation is 1. The fourth-order valence-corrected chi connectivity index (χ4v) is 6.27. The van der Waals surface area contributed by atoms with Crippen molar-refractivity contribution in [2.45, 2.75) is 31.7 Å². The lowest BCUT2D eigenvalue weighted by Gasteiger charge is -2.50. The van der Waals surface area contributed by atoms with Crippen LogP contribution < -0.4 is 20.7 Å². The normalized spacial score (nSPS) is 19.6. The van der Waals surface area contributed by atoms with E-state index in [0.29, 0.717) is 17.7 Å². The molecule has 5 rings (SSSR count). The number of aromatic nitrogens is 3. The average Bonchev–Trinajstić information content (AvgIpc) is 3.49. The van der Waals surface area contributed by atoms with E-state index in [9.17, 15) is 19.5 Å². The zero-order valence-electron chi connectivity index (χ0n) is 19.9. The van der Waals surface area contributed by atoms with Crippen molar-refractivity contribution in [2.24, 2.45) is 5.16 Å². The summed E-state index contributed by atoms with van der Waals surface area (Å²) in [6.45, 7) is 3.89. The molecular formula is C23H23N7O5S2. The molecule has 1 saturated heterocycles. The Balaban J connectivity index is 1.37. The summed E-state index contributed by atoms with van der Waals surface area (Å²) >= 11 is 2.51. The molecule has 2 atom stereocenters. The molecule has 37 heavy (non-hydrogen) atoms. The quantitative estimate of drug-likeness (QED) is 0.148. The summed E-state index contributed by atoms with van der Waals surface area (Å²) in [7, 11) is 0. The van der Waals surface area contributed by atoms with Crippen LogP contribution in [0.5, 0.6) is 0 Å². The molecule has 12 nitrogen and oxygen atoms in total. The van der Waals surface area contributed by atoms with Gasteiger partial charge in [0.25, 0.3) is 11.8 Å². The summed E-state index contributed by atoms with van der Waals surface area (Å²) in [6.07, 6.45) is 2.15. The van der Waals surface area contributed by atoms with Crippen molar-refractivity contribution < 1.29 is 28.8 Å². The molecule has 2 aliphatic rings. The minimum absolute atomic E-state index is 0.120. The number of carbonyl (C=O) groups excluding carboxylic acids is 3. The first-order valence-electron chi connectivity index (χ1n) is 11.4. The number of thioether (sulfide) groups is 1. The molecule has 0 bridgehead atoms. The van der Waals surface area contributed by atoms with E-state index in [-0.39, 0.29) is 28.8 Å². The molecule has 0 unspecified atom stereocenters. The number of amides is 2. The van der Waals surface area contributed by atoms with E-state index in [1.165, 1.54) is 16.7 Å². The van der Waals surface area contributed by atoms with Crippen molar-refractivity contribution in [3.63, 3.8) is 0 Å². The summed E-state index contributed by atoms with van der Waals surface area (Å²) in [4.78, 5) is 48.6. The largest absolute Gasteiger partial charge is 0.543 e. The molecule has 192 valence electrons. The third-order valence-corrected chi connectivity index (χ3v) is 8.09. The third kappa shape index (κ3) is 4.42. The number of carboxylic acids is 1. The number of hydrogen-bond donors (Lipinski definition) is 3. The summed E-state index contributed by atoms with van der Waals surface area (Å²) in [5.41, 5.74) is 9.01. The highest BCUT2D eigenvalue weighted by Crippen LogP contribution is 2.41. The summed E-state index contributed by atoms with van der Waals surface area (Å²) in [5.74, 6) is -2.29. The summed E-state index contributed by atoms with van der Waals surface area (Å²) < 4.78 is 1.91. The highest BCUT2D eigenvalue weighted by molar-refractivity contribution is 8.00.